The molecule has 1 aliphatic heterocycles. The Morgan fingerprint density at radius 2 is 1.79 bits per heavy atom. The van der Waals surface area contributed by atoms with Crippen molar-refractivity contribution in [3.8, 4) is 5.88 Å². The van der Waals surface area contributed by atoms with Gasteiger partial charge in [-0.1, -0.05) is 38.1 Å². The minimum Gasteiger partial charge on any atom is -0.443 e. The van der Waals surface area contributed by atoms with Crippen molar-refractivity contribution in [2.24, 2.45) is 0 Å². The number of H-pyrrole nitrogens is 1. The summed E-state index contributed by atoms with van der Waals surface area (Å²) in [6, 6.07) is 8.29. The molecule has 3 rings (SSSR count). The number of aromatic nitrogens is 2. The predicted molar refractivity (Wildman–Crippen MR) is 101 cm³/mol. The summed E-state index contributed by atoms with van der Waals surface area (Å²) in [4.78, 5) is 0. The molecule has 0 unspecified atom stereocenters. The molecule has 28 heavy (non-hydrogen) atoms. The number of aryl methyl sites for hydroxylation is 1. The molecule has 0 aliphatic carbocycles. The molecule has 0 spiro atoms. The molecule has 2 heterocycles. The molecular formula is C20H28N2O6. The van der Waals surface area contributed by atoms with Crippen LogP contribution in [0.15, 0.2) is 24.3 Å². The lowest BCUT2D eigenvalue weighted by Crippen LogP contribution is -2.60. The van der Waals surface area contributed by atoms with E-state index in [4.69, 9.17) is 9.47 Å². The van der Waals surface area contributed by atoms with Crippen LogP contribution >= 0.6 is 0 Å². The van der Waals surface area contributed by atoms with E-state index in [1.54, 1.807) is 0 Å². The summed E-state index contributed by atoms with van der Waals surface area (Å²) in [7, 11) is 0. The Kier molecular flexibility index (Phi) is 6.36. The maximum atomic E-state index is 10.2. The monoisotopic (exact) mass is 392 g/mol. The maximum Gasteiger partial charge on any atom is 0.238 e. The van der Waals surface area contributed by atoms with Crippen LogP contribution in [0.5, 0.6) is 5.88 Å². The van der Waals surface area contributed by atoms with Crippen LogP contribution in [0.2, 0.25) is 0 Å². The number of aromatic amines is 1. The summed E-state index contributed by atoms with van der Waals surface area (Å²) in [6.07, 6.45) is -6.14. The van der Waals surface area contributed by atoms with Crippen LogP contribution < -0.4 is 4.74 Å². The average molecular weight is 392 g/mol. The van der Waals surface area contributed by atoms with Crippen molar-refractivity contribution in [2.75, 3.05) is 6.61 Å². The molecule has 1 aliphatic rings. The van der Waals surface area contributed by atoms with Gasteiger partial charge in [-0.3, -0.25) is 5.10 Å². The highest BCUT2D eigenvalue weighted by atomic mass is 16.7. The number of aliphatic hydroxyl groups excluding tert-OH is 4. The molecule has 0 radical (unpaired) electrons. The quantitative estimate of drug-likeness (QED) is 0.487. The zero-order valence-corrected chi connectivity index (χ0v) is 16.2. The first-order valence-electron chi connectivity index (χ1n) is 9.41. The Bertz CT molecular complexity index is 774. The molecule has 8 nitrogen and oxygen atoms in total. The lowest BCUT2D eigenvalue weighted by molar-refractivity contribution is -0.278. The zero-order chi connectivity index (χ0) is 20.4. The van der Waals surface area contributed by atoms with Gasteiger partial charge in [-0.2, -0.15) is 0 Å². The maximum absolute atomic E-state index is 10.2. The molecular weight excluding hydrogens is 364 g/mol. The van der Waals surface area contributed by atoms with Gasteiger partial charge < -0.3 is 29.9 Å². The average Bonchev–Trinajstić information content (AvgIpc) is 3.02. The van der Waals surface area contributed by atoms with Crippen molar-refractivity contribution in [3.05, 3.63) is 46.6 Å². The third-order valence-electron chi connectivity index (χ3n) is 5.14. The van der Waals surface area contributed by atoms with Gasteiger partial charge in [0.2, 0.25) is 12.2 Å². The van der Waals surface area contributed by atoms with Gasteiger partial charge in [0.25, 0.3) is 0 Å². The zero-order valence-electron chi connectivity index (χ0n) is 16.2. The van der Waals surface area contributed by atoms with Gasteiger partial charge in [0, 0.05) is 17.7 Å². The van der Waals surface area contributed by atoms with Gasteiger partial charge in [-0.25, -0.2) is 0 Å². The minimum atomic E-state index is -1.50. The standard InChI is InChI=1S/C20H28N2O6/c1-10(2)13-6-4-12(5-7-13)8-14-11(3)21-22-19(14)28-20-18(26)17(25)16(24)15(9-23)27-20/h4-7,10,15-18,20,23-26H,8-9H2,1-3H3,(H,21,22)/t15-,16-,17+,18-,20-/m1/s1. The third-order valence-corrected chi connectivity index (χ3v) is 5.14. The highest BCUT2D eigenvalue weighted by Crippen LogP contribution is 2.28. The van der Waals surface area contributed by atoms with E-state index in [9.17, 15) is 20.4 Å². The summed E-state index contributed by atoms with van der Waals surface area (Å²) in [5, 5.41) is 46.3. The number of hydrogen-bond donors (Lipinski definition) is 5. The fraction of sp³-hybridized carbons (Fsp3) is 0.550. The summed E-state index contributed by atoms with van der Waals surface area (Å²) in [6.45, 7) is 5.63. The number of rotatable bonds is 6. The third kappa shape index (κ3) is 4.21. The van der Waals surface area contributed by atoms with Crippen molar-refractivity contribution < 1.29 is 29.9 Å². The molecule has 0 bridgehead atoms. The molecule has 1 fully saturated rings. The van der Waals surface area contributed by atoms with Crippen LogP contribution in [-0.4, -0.2) is 67.9 Å². The fourth-order valence-corrected chi connectivity index (χ4v) is 3.23. The Labute approximate surface area is 163 Å². The Morgan fingerprint density at radius 1 is 1.11 bits per heavy atom. The second kappa shape index (κ2) is 8.59. The lowest BCUT2D eigenvalue weighted by atomic mass is 9.98. The topological polar surface area (TPSA) is 128 Å². The first-order valence-corrected chi connectivity index (χ1v) is 9.41. The van der Waals surface area contributed by atoms with E-state index >= 15 is 0 Å². The summed E-state index contributed by atoms with van der Waals surface area (Å²) < 4.78 is 11.1. The van der Waals surface area contributed by atoms with Crippen LogP contribution in [0.25, 0.3) is 0 Å². The van der Waals surface area contributed by atoms with E-state index in [0.717, 1.165) is 16.8 Å². The van der Waals surface area contributed by atoms with E-state index < -0.39 is 37.3 Å². The van der Waals surface area contributed by atoms with E-state index in [1.165, 1.54) is 5.56 Å². The molecule has 1 aromatic heterocycles. The van der Waals surface area contributed by atoms with Gasteiger partial charge in [-0.05, 0) is 24.0 Å². The first-order chi connectivity index (χ1) is 13.3. The van der Waals surface area contributed by atoms with Gasteiger partial charge >= 0.3 is 0 Å². The summed E-state index contributed by atoms with van der Waals surface area (Å²) in [5.74, 6) is 0.699. The number of nitrogens with zero attached hydrogens (tertiary/aromatic N) is 1. The van der Waals surface area contributed by atoms with Gasteiger partial charge in [-0.15, -0.1) is 5.10 Å². The molecule has 0 amide bonds. The number of benzene rings is 1. The number of nitrogens with one attached hydrogen (secondary N) is 1. The molecule has 1 aromatic carbocycles. The van der Waals surface area contributed by atoms with Crippen LogP contribution in [0, 0.1) is 6.92 Å². The van der Waals surface area contributed by atoms with Crippen LogP contribution in [0.3, 0.4) is 0 Å². The molecule has 0 saturated carbocycles. The molecule has 154 valence electrons. The smallest absolute Gasteiger partial charge is 0.238 e. The largest absolute Gasteiger partial charge is 0.443 e. The SMILES string of the molecule is Cc1[nH]nc(O[C@H]2O[C@H](CO)[C@@H](O)[C@H](O)[C@H]2O)c1Cc1ccc(C(C)C)cc1. The summed E-state index contributed by atoms with van der Waals surface area (Å²) in [5.41, 5.74) is 3.94. The number of aliphatic hydroxyl groups is 4. The van der Waals surface area contributed by atoms with Crippen molar-refractivity contribution in [2.45, 2.75) is 63.8 Å². The second-order valence-corrected chi connectivity index (χ2v) is 7.52. The Morgan fingerprint density at radius 3 is 2.39 bits per heavy atom. The number of hydrogen-bond acceptors (Lipinski definition) is 7. The van der Waals surface area contributed by atoms with Crippen molar-refractivity contribution in [3.63, 3.8) is 0 Å². The van der Waals surface area contributed by atoms with Crippen LogP contribution in [0.4, 0.5) is 0 Å². The van der Waals surface area contributed by atoms with Gasteiger partial charge in [0.05, 0.1) is 6.61 Å². The molecule has 5 N–H and O–H groups in total. The van der Waals surface area contributed by atoms with Crippen molar-refractivity contribution in [1.82, 2.24) is 10.2 Å². The Balaban J connectivity index is 1.77. The molecule has 8 heteroatoms. The molecule has 5 atom stereocenters. The predicted octanol–water partition coefficient (Wildman–Crippen LogP) is 0.611. The summed E-state index contributed by atoms with van der Waals surface area (Å²) >= 11 is 0. The molecule has 1 saturated heterocycles. The lowest BCUT2D eigenvalue weighted by Gasteiger charge is -2.39. The Hall–Kier alpha value is -1.97. The van der Waals surface area contributed by atoms with E-state index in [2.05, 4.69) is 48.3 Å². The van der Waals surface area contributed by atoms with E-state index in [1.807, 2.05) is 6.92 Å². The van der Waals surface area contributed by atoms with Gasteiger partial charge in [0.15, 0.2) is 0 Å². The fourth-order valence-electron chi connectivity index (χ4n) is 3.23. The van der Waals surface area contributed by atoms with Gasteiger partial charge in [0.1, 0.15) is 24.4 Å². The minimum absolute atomic E-state index is 0.245. The van der Waals surface area contributed by atoms with Crippen LogP contribution in [-0.2, 0) is 11.2 Å². The molecule has 2 aromatic rings. The van der Waals surface area contributed by atoms with Crippen molar-refractivity contribution in [1.29, 1.82) is 0 Å². The highest BCUT2D eigenvalue weighted by Gasteiger charge is 2.45. The van der Waals surface area contributed by atoms with Crippen molar-refractivity contribution >= 4 is 0 Å². The van der Waals surface area contributed by atoms with E-state index in [0.29, 0.717) is 12.3 Å². The number of ether oxygens (including phenoxy) is 2. The second-order valence-electron chi connectivity index (χ2n) is 7.52. The first kappa shape index (κ1) is 20.8. The van der Waals surface area contributed by atoms with Crippen LogP contribution in [0.1, 0.15) is 42.1 Å². The van der Waals surface area contributed by atoms with E-state index in [-0.39, 0.29) is 5.88 Å². The normalized spacial score (nSPS) is 27.9. The highest BCUT2D eigenvalue weighted by molar-refractivity contribution is 5.36.